The lowest BCUT2D eigenvalue weighted by molar-refractivity contribution is 0.669. The number of hydrogen-bond donors (Lipinski definition) is 0. The summed E-state index contributed by atoms with van der Waals surface area (Å²) in [6.07, 6.45) is 0. The molecule has 0 bridgehead atoms. The van der Waals surface area contributed by atoms with E-state index in [4.69, 9.17) is 9.40 Å². The molecule has 0 N–H and O–H groups in total. The van der Waals surface area contributed by atoms with Crippen LogP contribution in [0.5, 0.6) is 0 Å². The molecule has 0 aliphatic heterocycles. The van der Waals surface area contributed by atoms with Crippen molar-refractivity contribution in [1.29, 1.82) is 0 Å². The summed E-state index contributed by atoms with van der Waals surface area (Å²) in [6.45, 7) is 0. The van der Waals surface area contributed by atoms with Gasteiger partial charge in [-0.3, -0.25) is 9.36 Å². The number of fused-ring (bicyclic) bond motifs is 4. The average molecular weight is 388 g/mol. The topological polar surface area (TPSA) is 48.0 Å². The molecule has 0 aliphatic carbocycles. The minimum atomic E-state index is -0.102. The summed E-state index contributed by atoms with van der Waals surface area (Å²) in [5.74, 6) is 0.564. The van der Waals surface area contributed by atoms with Crippen LogP contribution in [0.2, 0.25) is 0 Å². The molecule has 0 saturated heterocycles. The Morgan fingerprint density at radius 2 is 1.37 bits per heavy atom. The number of benzene rings is 4. The summed E-state index contributed by atoms with van der Waals surface area (Å²) < 4.78 is 7.90. The van der Waals surface area contributed by atoms with Crippen molar-refractivity contribution in [2.24, 2.45) is 0 Å². The first-order chi connectivity index (χ1) is 14.8. The Hall–Kier alpha value is -4.18. The van der Waals surface area contributed by atoms with E-state index in [1.54, 1.807) is 4.57 Å². The fraction of sp³-hybridized carbons (Fsp3) is 0. The molecule has 142 valence electrons. The molecule has 2 heterocycles. The predicted octanol–water partition coefficient (Wildman–Crippen LogP) is 5.95. The third-order valence-electron chi connectivity index (χ3n) is 5.44. The Kier molecular flexibility index (Phi) is 3.59. The van der Waals surface area contributed by atoms with Crippen molar-refractivity contribution in [2.75, 3.05) is 0 Å². The smallest absolute Gasteiger partial charge is 0.266 e. The normalized spacial score (nSPS) is 11.5. The van der Waals surface area contributed by atoms with Crippen LogP contribution in [-0.4, -0.2) is 9.55 Å². The van der Waals surface area contributed by atoms with Gasteiger partial charge < -0.3 is 4.42 Å². The van der Waals surface area contributed by atoms with Crippen LogP contribution in [0.25, 0.3) is 49.9 Å². The number of nitrogens with zero attached hydrogens (tertiary/aromatic N) is 2. The van der Waals surface area contributed by atoms with E-state index in [1.807, 2.05) is 97.1 Å². The highest BCUT2D eigenvalue weighted by molar-refractivity contribution is 6.09. The van der Waals surface area contributed by atoms with Crippen molar-refractivity contribution in [1.82, 2.24) is 9.55 Å². The maximum atomic E-state index is 13.5. The summed E-state index contributed by atoms with van der Waals surface area (Å²) >= 11 is 0. The molecule has 2 aromatic heterocycles. The van der Waals surface area contributed by atoms with E-state index in [2.05, 4.69) is 0 Å². The van der Waals surface area contributed by atoms with Gasteiger partial charge in [0.15, 0.2) is 5.82 Å². The second kappa shape index (κ2) is 6.42. The van der Waals surface area contributed by atoms with Crippen LogP contribution >= 0.6 is 0 Å². The molecule has 0 spiro atoms. The zero-order valence-electron chi connectivity index (χ0n) is 15.9. The van der Waals surface area contributed by atoms with Gasteiger partial charge in [0.2, 0.25) is 0 Å². The number of para-hydroxylation sites is 4. The molecule has 0 aliphatic rings. The van der Waals surface area contributed by atoms with Crippen LogP contribution in [0.15, 0.2) is 106 Å². The molecule has 0 amide bonds. The molecule has 6 aromatic rings. The molecule has 0 atom stereocenters. The van der Waals surface area contributed by atoms with E-state index >= 15 is 0 Å². The van der Waals surface area contributed by atoms with Gasteiger partial charge in [-0.05, 0) is 36.4 Å². The van der Waals surface area contributed by atoms with Gasteiger partial charge in [-0.15, -0.1) is 0 Å². The number of rotatable bonds is 2. The Bertz CT molecular complexity index is 1610. The second-order valence-electron chi connectivity index (χ2n) is 7.21. The van der Waals surface area contributed by atoms with Gasteiger partial charge in [0, 0.05) is 10.8 Å². The van der Waals surface area contributed by atoms with Gasteiger partial charge in [0.05, 0.1) is 22.2 Å². The molecule has 30 heavy (non-hydrogen) atoms. The number of furan rings is 1. The van der Waals surface area contributed by atoms with Gasteiger partial charge in [0.1, 0.15) is 11.2 Å². The minimum absolute atomic E-state index is 0.102. The first-order valence-electron chi connectivity index (χ1n) is 9.79. The quantitative estimate of drug-likeness (QED) is 0.368. The van der Waals surface area contributed by atoms with E-state index in [1.165, 1.54) is 0 Å². The lowest BCUT2D eigenvalue weighted by Gasteiger charge is -2.14. The second-order valence-corrected chi connectivity index (χ2v) is 7.21. The summed E-state index contributed by atoms with van der Waals surface area (Å²) in [6, 6.07) is 31.0. The van der Waals surface area contributed by atoms with Gasteiger partial charge in [-0.25, -0.2) is 4.98 Å². The Morgan fingerprint density at radius 3 is 2.23 bits per heavy atom. The van der Waals surface area contributed by atoms with E-state index in [0.29, 0.717) is 16.7 Å². The molecule has 0 fully saturated rings. The first-order valence-corrected chi connectivity index (χ1v) is 9.79. The summed E-state index contributed by atoms with van der Waals surface area (Å²) in [5, 5.41) is 2.63. The third kappa shape index (κ3) is 2.40. The van der Waals surface area contributed by atoms with E-state index in [-0.39, 0.29) is 5.56 Å². The van der Waals surface area contributed by atoms with Crippen LogP contribution in [-0.2, 0) is 0 Å². The highest BCUT2D eigenvalue weighted by Gasteiger charge is 2.19. The van der Waals surface area contributed by atoms with Crippen molar-refractivity contribution in [3.05, 3.63) is 107 Å². The van der Waals surface area contributed by atoms with Crippen molar-refractivity contribution in [2.45, 2.75) is 0 Å². The van der Waals surface area contributed by atoms with Crippen LogP contribution in [0.3, 0.4) is 0 Å². The SMILES string of the molecule is O=c1c2ccccc2nc(-c2cccc3c2oc2ccccc23)n1-c1ccccc1. The molecule has 4 heteroatoms. The van der Waals surface area contributed by atoms with E-state index in [9.17, 15) is 4.79 Å². The van der Waals surface area contributed by atoms with Crippen LogP contribution in [0.1, 0.15) is 0 Å². The molecule has 0 radical (unpaired) electrons. The standard InChI is InChI=1S/C26H16N2O2/c29-26-20-12-4-6-15-22(20)27-25(28(26)17-9-2-1-3-10-17)21-14-8-13-19-18-11-5-7-16-23(18)30-24(19)21/h1-16H. The fourth-order valence-corrected chi connectivity index (χ4v) is 4.05. The molecular weight excluding hydrogens is 372 g/mol. The Labute approximate surface area is 171 Å². The third-order valence-corrected chi connectivity index (χ3v) is 5.44. The van der Waals surface area contributed by atoms with Crippen molar-refractivity contribution >= 4 is 32.8 Å². The molecule has 4 nitrogen and oxygen atoms in total. The van der Waals surface area contributed by atoms with Gasteiger partial charge in [-0.2, -0.15) is 0 Å². The first kappa shape index (κ1) is 16.7. The summed E-state index contributed by atoms with van der Waals surface area (Å²) in [7, 11) is 0. The number of aromatic nitrogens is 2. The Morgan fingerprint density at radius 1 is 0.667 bits per heavy atom. The molecular formula is C26H16N2O2. The van der Waals surface area contributed by atoms with Crippen molar-refractivity contribution in [3.8, 4) is 17.1 Å². The zero-order valence-corrected chi connectivity index (χ0v) is 15.9. The maximum Gasteiger partial charge on any atom is 0.266 e. The highest BCUT2D eigenvalue weighted by Crippen LogP contribution is 2.35. The van der Waals surface area contributed by atoms with Crippen LogP contribution in [0, 0.1) is 0 Å². The highest BCUT2D eigenvalue weighted by atomic mass is 16.3. The lowest BCUT2D eigenvalue weighted by Crippen LogP contribution is -2.21. The summed E-state index contributed by atoms with van der Waals surface area (Å²) in [4.78, 5) is 18.4. The molecule has 6 rings (SSSR count). The molecule has 0 unspecified atom stereocenters. The van der Waals surface area contributed by atoms with Crippen LogP contribution in [0.4, 0.5) is 0 Å². The van der Waals surface area contributed by atoms with E-state index < -0.39 is 0 Å². The maximum absolute atomic E-state index is 13.5. The van der Waals surface area contributed by atoms with Gasteiger partial charge in [0.25, 0.3) is 5.56 Å². The van der Waals surface area contributed by atoms with Crippen LogP contribution < -0.4 is 5.56 Å². The fourth-order valence-electron chi connectivity index (χ4n) is 4.05. The molecule has 0 saturated carbocycles. The minimum Gasteiger partial charge on any atom is -0.455 e. The Balaban J connectivity index is 1.78. The van der Waals surface area contributed by atoms with Crippen molar-refractivity contribution in [3.63, 3.8) is 0 Å². The average Bonchev–Trinajstić information content (AvgIpc) is 3.18. The summed E-state index contributed by atoms with van der Waals surface area (Å²) in [5.41, 5.74) is 3.66. The predicted molar refractivity (Wildman–Crippen MR) is 120 cm³/mol. The monoisotopic (exact) mass is 388 g/mol. The van der Waals surface area contributed by atoms with E-state index in [0.717, 1.165) is 33.2 Å². The lowest BCUT2D eigenvalue weighted by atomic mass is 10.1. The zero-order chi connectivity index (χ0) is 20.1. The van der Waals surface area contributed by atoms with Crippen molar-refractivity contribution < 1.29 is 4.42 Å². The van der Waals surface area contributed by atoms with Gasteiger partial charge >= 0.3 is 0 Å². The largest absolute Gasteiger partial charge is 0.455 e. The van der Waals surface area contributed by atoms with Gasteiger partial charge in [-0.1, -0.05) is 60.7 Å². The molecule has 4 aromatic carbocycles. The number of hydrogen-bond acceptors (Lipinski definition) is 3.